The van der Waals surface area contributed by atoms with E-state index in [2.05, 4.69) is 505 Å². The van der Waals surface area contributed by atoms with Gasteiger partial charge in [-0.25, -0.2) is 15.0 Å². The zero-order chi connectivity index (χ0) is 101. The minimum absolute atomic E-state index is 0. The van der Waals surface area contributed by atoms with Crippen LogP contribution >= 0.6 is 0 Å². The molecule has 0 amide bonds. The summed E-state index contributed by atoms with van der Waals surface area (Å²) in [5.74, 6) is 6.86. The van der Waals surface area contributed by atoms with E-state index in [1.54, 1.807) is 0 Å². The normalized spacial score (nSPS) is 12.7. The molecule has 15 nitrogen and oxygen atoms in total. The molecule has 6 aromatic heterocycles. The standard InChI is InChI=1S/C47H37N4O.C44H39N4O.C41H33N4O.3Pt/c1-32-14-12-23-43(46(32)33-15-6-5-7-16-33)50-31-49(41-21-10-11-22-42(41)50)35-17-13-18-36(29-35)52-37-24-25-39-38-19-8-9-20-40(38)51(44(39)30-37)45-28-34(26-27-48-45)47(2,3)4;1-30(2)24-31-12-10-13-33(25-31)46-29-47(41-19-9-8-18-40(41)46)34-14-11-15-35(27-34)49-36-20-21-38-37-16-6-7-17-39(37)48(42(38)28-36)43-26-32(22-23-45-43)44(3,4)5;1-28-11-9-12-30(23-28)43-27-44(38-18-8-7-17-37(38)43)31-13-10-14-32(25-31)46-33-19-20-35-34-15-5-6-16-36(34)45(39(35)26-33)40-24-29(21-22-42-40)41(2,3)4;;;/h5-28,31H,1-4H3;6-23,25-26,29-30H,24H2,1-5H3;5-24,27H,1-4H3;;;/q3*-3;;;. The fourth-order valence-corrected chi connectivity index (χ4v) is 20.2. The van der Waals surface area contributed by atoms with Crippen LogP contribution in [0.4, 0.5) is 68.2 Å². The molecular formula is C132H109N12O3Pt3-9. The van der Waals surface area contributed by atoms with Crippen LogP contribution in [-0.2, 0) is 85.9 Å². The van der Waals surface area contributed by atoms with Gasteiger partial charge in [-0.1, -0.05) is 250 Å². The Balaban J connectivity index is 0.000000135. The second-order valence-corrected chi connectivity index (χ2v) is 41.3. The maximum Gasteiger partial charge on any atom is 0.135 e. The zero-order valence-corrected chi connectivity index (χ0v) is 92.3. The van der Waals surface area contributed by atoms with E-state index in [0.29, 0.717) is 40.4 Å². The van der Waals surface area contributed by atoms with Crippen molar-refractivity contribution in [3.05, 3.63) is 478 Å². The van der Waals surface area contributed by atoms with Crippen LogP contribution in [0.1, 0.15) is 110 Å². The first-order valence-electron chi connectivity index (χ1n) is 50.2. The molecule has 3 aliphatic heterocycles. The summed E-state index contributed by atoms with van der Waals surface area (Å²) in [5, 5.41) is 6.75. The number of anilines is 12. The third-order valence-corrected chi connectivity index (χ3v) is 27.5. The van der Waals surface area contributed by atoms with Gasteiger partial charge in [-0.3, -0.25) is 0 Å². The summed E-state index contributed by atoms with van der Waals surface area (Å²) in [4.78, 5) is 27.7. The van der Waals surface area contributed by atoms with E-state index in [1.165, 1.54) is 44.5 Å². The molecule has 150 heavy (non-hydrogen) atoms. The number of rotatable bonds is 18. The molecule has 0 atom stereocenters. The molecule has 0 bridgehead atoms. The Morgan fingerprint density at radius 2 is 0.600 bits per heavy atom. The molecule has 18 heteroatoms. The van der Waals surface area contributed by atoms with Crippen molar-refractivity contribution in [2.45, 2.75) is 113 Å². The molecule has 0 radical (unpaired) electrons. The van der Waals surface area contributed by atoms with Crippen LogP contribution in [0.3, 0.4) is 0 Å². The third kappa shape index (κ3) is 20.2. The van der Waals surface area contributed by atoms with Crippen LogP contribution in [0.15, 0.2) is 389 Å². The van der Waals surface area contributed by atoms with Gasteiger partial charge in [0.25, 0.3) is 0 Å². The summed E-state index contributed by atoms with van der Waals surface area (Å²) >= 11 is 0. The van der Waals surface area contributed by atoms with Gasteiger partial charge >= 0.3 is 0 Å². The van der Waals surface area contributed by atoms with E-state index >= 15 is 0 Å². The van der Waals surface area contributed by atoms with Crippen molar-refractivity contribution in [3.8, 4) is 63.1 Å². The van der Waals surface area contributed by atoms with Crippen LogP contribution in [0.25, 0.3) is 94.0 Å². The predicted molar refractivity (Wildman–Crippen MR) is 602 cm³/mol. The van der Waals surface area contributed by atoms with Crippen molar-refractivity contribution in [3.63, 3.8) is 0 Å². The maximum atomic E-state index is 6.54. The molecule has 754 valence electrons. The van der Waals surface area contributed by atoms with Crippen LogP contribution in [0, 0.1) is 76.2 Å². The third-order valence-electron chi connectivity index (χ3n) is 27.5. The summed E-state index contributed by atoms with van der Waals surface area (Å²) in [6.45, 7) is 35.2. The minimum Gasteiger partial charge on any atom is -0.509 e. The number of nitrogens with zero attached hydrogens (tertiary/aromatic N) is 12. The molecule has 0 unspecified atom stereocenters. The fourth-order valence-electron chi connectivity index (χ4n) is 20.2. The molecule has 25 rings (SSSR count). The molecular weight excluding hydrogens is 2390 g/mol. The first-order chi connectivity index (χ1) is 71.4. The second-order valence-electron chi connectivity index (χ2n) is 41.3. The molecule has 16 aromatic carbocycles. The Morgan fingerprint density at radius 3 is 0.980 bits per heavy atom. The molecule has 0 N–H and O–H groups in total. The number of fused-ring (bicyclic) bond motifs is 12. The zero-order valence-electron chi connectivity index (χ0n) is 85.5. The van der Waals surface area contributed by atoms with Gasteiger partial charge in [-0.2, -0.15) is 36.4 Å². The second kappa shape index (κ2) is 42.3. The Labute approximate surface area is 921 Å². The van der Waals surface area contributed by atoms with Crippen LogP contribution in [0.2, 0.25) is 0 Å². The van der Waals surface area contributed by atoms with E-state index in [4.69, 9.17) is 29.2 Å². The number of pyridine rings is 3. The Hall–Kier alpha value is -15.4. The van der Waals surface area contributed by atoms with E-state index < -0.39 is 0 Å². The monoisotopic (exact) mass is 2490 g/mol. The van der Waals surface area contributed by atoms with Crippen LogP contribution in [0.5, 0.6) is 34.5 Å². The number of aryl methyl sites for hydroxylation is 2. The molecule has 9 heterocycles. The van der Waals surface area contributed by atoms with Gasteiger partial charge in [-0.05, 0) is 219 Å². The van der Waals surface area contributed by atoms with Crippen molar-refractivity contribution in [1.82, 2.24) is 28.7 Å². The number of hydrogen-bond acceptors (Lipinski definition) is 12. The summed E-state index contributed by atoms with van der Waals surface area (Å²) in [5.41, 5.74) is 28.4. The van der Waals surface area contributed by atoms with Gasteiger partial charge in [0.05, 0.1) is 0 Å². The number of hydrogen-bond donors (Lipinski definition) is 0. The summed E-state index contributed by atoms with van der Waals surface area (Å²) in [6.07, 6.45) is 6.73. The molecule has 0 saturated carbocycles. The van der Waals surface area contributed by atoms with Crippen molar-refractivity contribution in [1.29, 1.82) is 0 Å². The van der Waals surface area contributed by atoms with Gasteiger partial charge in [0.15, 0.2) is 0 Å². The van der Waals surface area contributed by atoms with Gasteiger partial charge < -0.3 is 57.3 Å². The van der Waals surface area contributed by atoms with Gasteiger partial charge in [-0.15, -0.1) is 144 Å². The average molecular weight is 2500 g/mol. The van der Waals surface area contributed by atoms with Gasteiger partial charge in [0.2, 0.25) is 0 Å². The number of benzene rings is 16. The van der Waals surface area contributed by atoms with Crippen molar-refractivity contribution in [2.75, 3.05) is 29.4 Å². The fraction of sp³-hybridized carbons (Fsp3) is 0.136. The maximum absolute atomic E-state index is 6.54. The van der Waals surface area contributed by atoms with Gasteiger partial charge in [0, 0.05) is 190 Å². The van der Waals surface area contributed by atoms with E-state index in [-0.39, 0.29) is 79.4 Å². The number of ether oxygens (including phenoxy) is 3. The summed E-state index contributed by atoms with van der Waals surface area (Å²) < 4.78 is 26.1. The molecule has 22 aromatic rings. The van der Waals surface area contributed by atoms with Crippen molar-refractivity contribution in [2.24, 2.45) is 5.92 Å². The molecule has 0 spiro atoms. The summed E-state index contributed by atoms with van der Waals surface area (Å²) in [6, 6.07) is 150. The first kappa shape index (κ1) is 102. The molecule has 3 aliphatic rings. The van der Waals surface area contributed by atoms with E-state index in [1.807, 2.05) is 73.2 Å². The summed E-state index contributed by atoms with van der Waals surface area (Å²) in [7, 11) is 0. The Morgan fingerprint density at radius 1 is 0.280 bits per heavy atom. The quantitative estimate of drug-likeness (QED) is 0.0765. The number of aromatic nitrogens is 6. The van der Waals surface area contributed by atoms with Crippen LogP contribution in [-0.4, -0.2) is 28.7 Å². The number of para-hydroxylation sites is 9. The smallest absolute Gasteiger partial charge is 0.135 e. The van der Waals surface area contributed by atoms with E-state index in [9.17, 15) is 0 Å². The van der Waals surface area contributed by atoms with Crippen molar-refractivity contribution < 1.29 is 77.4 Å². The van der Waals surface area contributed by atoms with Gasteiger partial charge in [0.1, 0.15) is 17.5 Å². The van der Waals surface area contributed by atoms with E-state index in [0.717, 1.165) is 158 Å². The van der Waals surface area contributed by atoms with Crippen LogP contribution < -0.4 is 43.6 Å². The predicted octanol–water partition coefficient (Wildman–Crippen LogP) is 34.3. The Bertz CT molecular complexity index is 8770. The molecule has 0 saturated heterocycles. The Kier molecular flexibility index (Phi) is 28.8. The van der Waals surface area contributed by atoms with Crippen molar-refractivity contribution >= 4 is 134 Å². The average Bonchev–Trinajstić information content (AvgIpc) is 1.60. The minimum atomic E-state index is -0.0101. The first-order valence-corrected chi connectivity index (χ1v) is 50.2. The molecule has 0 fully saturated rings. The largest absolute Gasteiger partial charge is 0.509 e. The SMILES string of the molecule is CC(C)Cc1cccc(N2[CH-]N(c3[c-]c(Oc4[c-]c5c(cc4)c4ccccc4n5-c4cc(C(C)(C)C)ccn4)ccc3)c3ccccc32)c1.Cc1cccc(N2[CH-]N(c3[c-]c(Oc4[c-]c5c(cc4)c4ccccc4n5-c4cc(C(C)(C)C)ccn4)ccc3)c3ccccc32)c1.Cc1cccc(N2[CH-]N(c3[c-]c(Oc4[c-]c5c(cc4)c4ccccc4n5-c4cc(C(C)(C)C)ccn4)ccc3)c3ccccc32)c1-c1ccccc1.[Pt].[Pt].[Pt]. The molecule has 0 aliphatic carbocycles. The topological polar surface area (TPSA) is 101 Å².